The van der Waals surface area contributed by atoms with Gasteiger partial charge in [0.05, 0.1) is 5.42 Å². The Kier molecular flexibility index (Phi) is 12.8. The van der Waals surface area contributed by atoms with E-state index in [2.05, 4.69) is 125 Å². The zero-order valence-corrected chi connectivity index (χ0v) is 25.7. The van der Waals surface area contributed by atoms with Crippen molar-refractivity contribution in [1.29, 1.82) is 0 Å². The van der Waals surface area contributed by atoms with Gasteiger partial charge in [0.25, 0.3) is 0 Å². The zero-order valence-electron chi connectivity index (χ0n) is 23.8. The molecule has 0 aliphatic rings. The van der Waals surface area contributed by atoms with Crippen molar-refractivity contribution >= 4 is 27.8 Å². The normalized spacial score (nSPS) is 14.9. The molecule has 0 aromatic heterocycles. The van der Waals surface area contributed by atoms with Crippen LogP contribution < -0.4 is 0 Å². The second-order valence-electron chi connectivity index (χ2n) is 11.3. The molecular formula is C25H55N4PSi. The third-order valence-electron chi connectivity index (χ3n) is 6.32. The monoisotopic (exact) mass is 470 g/mol. The minimum absolute atomic E-state index is 0.397. The average Bonchev–Trinajstić information content (AvgIpc) is 2.56. The van der Waals surface area contributed by atoms with Gasteiger partial charge in [-0.2, -0.15) is 0 Å². The Bertz CT molecular complexity index is 555. The van der Waals surface area contributed by atoms with Gasteiger partial charge >= 0.3 is 0 Å². The molecule has 6 heteroatoms. The molecule has 0 aromatic rings. The molecule has 31 heavy (non-hydrogen) atoms. The molecule has 0 spiro atoms. The van der Waals surface area contributed by atoms with Crippen LogP contribution in [0.3, 0.4) is 0 Å². The van der Waals surface area contributed by atoms with Crippen LogP contribution in [0.25, 0.3) is 0 Å². The van der Waals surface area contributed by atoms with Crippen molar-refractivity contribution < 1.29 is 0 Å². The SMILES string of the molecule is CC(C)N(P=C(/C(=N/[Si](C(C)C)(C(C)C)C(C)C)N(C(C)C)C(C)C)N(C)C)C(C)C. The lowest BCUT2D eigenvalue weighted by atomic mass is 10.2. The Morgan fingerprint density at radius 2 is 0.968 bits per heavy atom. The first-order chi connectivity index (χ1) is 14.0. The van der Waals surface area contributed by atoms with Gasteiger partial charge < -0.3 is 9.56 Å². The predicted molar refractivity (Wildman–Crippen MR) is 148 cm³/mol. The smallest absolute Gasteiger partial charge is 0.191 e. The van der Waals surface area contributed by atoms with Crippen molar-refractivity contribution in [2.75, 3.05) is 14.1 Å². The molecule has 0 saturated carbocycles. The van der Waals surface area contributed by atoms with Gasteiger partial charge in [0.2, 0.25) is 0 Å². The van der Waals surface area contributed by atoms with Crippen LogP contribution in [0.4, 0.5) is 0 Å². The van der Waals surface area contributed by atoms with Crippen molar-refractivity contribution in [1.82, 2.24) is 14.5 Å². The van der Waals surface area contributed by atoms with E-state index in [1.807, 2.05) is 0 Å². The summed E-state index contributed by atoms with van der Waals surface area (Å²) in [5, 5.41) is 0. The van der Waals surface area contributed by atoms with Crippen molar-refractivity contribution in [2.45, 2.75) is 138 Å². The lowest BCUT2D eigenvalue weighted by Crippen LogP contribution is -2.53. The largest absolute Gasteiger partial charge is 0.351 e. The minimum atomic E-state index is -1.98. The van der Waals surface area contributed by atoms with Crippen LogP contribution in [0, 0.1) is 0 Å². The highest BCUT2D eigenvalue weighted by Crippen LogP contribution is 2.43. The van der Waals surface area contributed by atoms with E-state index >= 15 is 0 Å². The summed E-state index contributed by atoms with van der Waals surface area (Å²) < 4.78 is 8.47. The molecule has 0 atom stereocenters. The van der Waals surface area contributed by atoms with E-state index in [9.17, 15) is 0 Å². The van der Waals surface area contributed by atoms with Crippen LogP contribution in [0.15, 0.2) is 4.66 Å². The van der Waals surface area contributed by atoms with E-state index in [4.69, 9.17) is 4.66 Å². The quantitative estimate of drug-likeness (QED) is 0.136. The summed E-state index contributed by atoms with van der Waals surface area (Å²) in [4.78, 5) is 4.88. The van der Waals surface area contributed by atoms with Crippen LogP contribution in [0.1, 0.15) is 96.9 Å². The summed E-state index contributed by atoms with van der Waals surface area (Å²) in [5.74, 6) is 1.23. The number of rotatable bonds is 11. The van der Waals surface area contributed by atoms with Gasteiger partial charge in [0, 0.05) is 32.5 Å². The number of nitrogens with zero attached hydrogens (tertiary/aromatic N) is 4. The number of hydrogen-bond donors (Lipinski definition) is 0. The van der Waals surface area contributed by atoms with Gasteiger partial charge in [-0.1, -0.05) is 41.5 Å². The molecule has 0 unspecified atom stereocenters. The fraction of sp³-hybridized carbons (Fsp3) is 0.920. The van der Waals surface area contributed by atoms with Crippen LogP contribution in [0.5, 0.6) is 0 Å². The third kappa shape index (κ3) is 7.66. The Morgan fingerprint density at radius 3 is 1.19 bits per heavy atom. The Labute approximate surface area is 198 Å². The maximum Gasteiger partial charge on any atom is 0.191 e. The predicted octanol–water partition coefficient (Wildman–Crippen LogP) is 7.35. The summed E-state index contributed by atoms with van der Waals surface area (Å²) in [6, 6.07) is 1.75. The second-order valence-corrected chi connectivity index (χ2v) is 17.8. The van der Waals surface area contributed by atoms with Gasteiger partial charge in [-0.3, -0.25) is 9.57 Å². The molecule has 0 aliphatic carbocycles. The van der Waals surface area contributed by atoms with E-state index in [1.54, 1.807) is 0 Å². The standard InChI is InChI=1S/C25H55N4PSi/c1-17(2)28(18(3)4)24(26-31(21(9)10,22(11)12)23(13)14)25(27(15)16)30-29(19(5)6)20(7)8/h17-23H,1-16H3/b26-24-. The van der Waals surface area contributed by atoms with Crippen molar-refractivity contribution in [2.24, 2.45) is 4.66 Å². The van der Waals surface area contributed by atoms with Gasteiger partial charge in [-0.15, -0.1) is 0 Å². The number of likely N-dealkylation sites (N-methyl/N-ethyl adjacent to an activating group) is 1. The second kappa shape index (κ2) is 12.9. The molecule has 0 aromatic carbocycles. The molecule has 0 bridgehead atoms. The first-order valence-corrected chi connectivity index (χ1v) is 15.5. The topological polar surface area (TPSA) is 22.1 Å². The molecule has 0 radical (unpaired) electrons. The lowest BCUT2D eigenvalue weighted by Gasteiger charge is -2.43. The van der Waals surface area contributed by atoms with Gasteiger partial charge in [-0.25, -0.2) is 0 Å². The fourth-order valence-corrected chi connectivity index (χ4v) is 11.7. The van der Waals surface area contributed by atoms with Gasteiger partial charge in [-0.05, 0) is 86.1 Å². The van der Waals surface area contributed by atoms with Crippen LogP contribution in [-0.4, -0.2) is 72.2 Å². The van der Waals surface area contributed by atoms with E-state index in [-0.39, 0.29) is 0 Å². The molecule has 0 heterocycles. The third-order valence-corrected chi connectivity index (χ3v) is 14.4. The molecule has 0 N–H and O–H groups in total. The van der Waals surface area contributed by atoms with Gasteiger partial charge in [0.1, 0.15) is 5.84 Å². The molecule has 184 valence electrons. The molecule has 0 saturated heterocycles. The summed E-state index contributed by atoms with van der Waals surface area (Å²) in [6.45, 7) is 32.9. The fourth-order valence-electron chi connectivity index (χ4n) is 5.15. The highest BCUT2D eigenvalue weighted by Gasteiger charge is 2.45. The molecule has 4 nitrogen and oxygen atoms in total. The Balaban J connectivity index is 7.34. The van der Waals surface area contributed by atoms with E-state index in [1.165, 1.54) is 19.6 Å². The summed E-state index contributed by atoms with van der Waals surface area (Å²) >= 11 is 0. The maximum absolute atomic E-state index is 5.91. The van der Waals surface area contributed by atoms with Crippen LogP contribution in [0.2, 0.25) is 16.6 Å². The van der Waals surface area contributed by atoms with Crippen molar-refractivity contribution in [3.8, 4) is 0 Å². The number of hydrogen-bond acceptors (Lipinski definition) is 2. The van der Waals surface area contributed by atoms with Gasteiger partial charge in [0.15, 0.2) is 8.24 Å². The molecular weight excluding hydrogens is 415 g/mol. The summed E-state index contributed by atoms with van der Waals surface area (Å²) in [6.07, 6.45) is 0. The van der Waals surface area contributed by atoms with E-state index in [0.29, 0.717) is 40.8 Å². The molecule has 0 amide bonds. The first-order valence-electron chi connectivity index (χ1n) is 12.4. The Morgan fingerprint density at radius 1 is 0.613 bits per heavy atom. The molecule has 0 aliphatic heterocycles. The first kappa shape index (κ1) is 30.8. The summed E-state index contributed by atoms with van der Waals surface area (Å²) in [5.41, 5.74) is 3.10. The maximum atomic E-state index is 5.91. The van der Waals surface area contributed by atoms with Crippen molar-refractivity contribution in [3.05, 3.63) is 0 Å². The highest BCUT2D eigenvalue weighted by atomic mass is 31.1. The van der Waals surface area contributed by atoms with E-state index < -0.39 is 8.24 Å². The van der Waals surface area contributed by atoms with Crippen molar-refractivity contribution in [3.63, 3.8) is 0 Å². The van der Waals surface area contributed by atoms with Crippen LogP contribution in [-0.2, 0) is 0 Å². The van der Waals surface area contributed by atoms with Crippen LogP contribution >= 0.6 is 8.35 Å². The molecule has 0 fully saturated rings. The highest BCUT2D eigenvalue weighted by molar-refractivity contribution is 7.41. The average molecular weight is 471 g/mol. The summed E-state index contributed by atoms with van der Waals surface area (Å²) in [7, 11) is 3.65. The van der Waals surface area contributed by atoms with E-state index in [0.717, 1.165) is 0 Å². The number of amidine groups is 1. The zero-order chi connectivity index (χ0) is 24.8. The minimum Gasteiger partial charge on any atom is -0.351 e. The Hall–Kier alpha value is -0.223. The molecule has 0 rings (SSSR count). The lowest BCUT2D eigenvalue weighted by molar-refractivity contribution is 0.294.